The summed E-state index contributed by atoms with van der Waals surface area (Å²) in [5, 5.41) is 2.66. The van der Waals surface area contributed by atoms with Crippen LogP contribution in [0.15, 0.2) is 53.4 Å². The van der Waals surface area contributed by atoms with Crippen molar-refractivity contribution in [2.24, 2.45) is 0 Å². The van der Waals surface area contributed by atoms with Crippen LogP contribution in [0.5, 0.6) is 0 Å². The molecule has 1 N–H and O–H groups in total. The summed E-state index contributed by atoms with van der Waals surface area (Å²) in [6, 6.07) is 12.7. The van der Waals surface area contributed by atoms with Crippen molar-refractivity contribution in [3.8, 4) is 0 Å². The van der Waals surface area contributed by atoms with Gasteiger partial charge in [0.15, 0.2) is 0 Å². The van der Waals surface area contributed by atoms with Gasteiger partial charge in [-0.2, -0.15) is 0 Å². The van der Waals surface area contributed by atoms with Crippen LogP contribution in [0, 0.1) is 5.82 Å². The van der Waals surface area contributed by atoms with Crippen LogP contribution in [-0.2, 0) is 4.79 Å². The van der Waals surface area contributed by atoms with Gasteiger partial charge in [-0.05, 0) is 30.3 Å². The average Bonchev–Trinajstić information content (AvgIpc) is 2.52. The van der Waals surface area contributed by atoms with Crippen LogP contribution in [0.2, 0.25) is 0 Å². The minimum Gasteiger partial charge on any atom is -0.348 e. The van der Waals surface area contributed by atoms with Gasteiger partial charge in [-0.25, -0.2) is 4.39 Å². The molecule has 23 heavy (non-hydrogen) atoms. The van der Waals surface area contributed by atoms with Crippen LogP contribution in [0.4, 0.5) is 10.1 Å². The molecule has 0 aromatic heterocycles. The second kappa shape index (κ2) is 7.78. The number of rotatable bonds is 5. The quantitative estimate of drug-likeness (QED) is 0.855. The van der Waals surface area contributed by atoms with E-state index in [1.54, 1.807) is 44.4 Å². The van der Waals surface area contributed by atoms with Gasteiger partial charge in [0, 0.05) is 24.7 Å². The molecule has 0 aliphatic rings. The Labute approximate surface area is 138 Å². The summed E-state index contributed by atoms with van der Waals surface area (Å²) >= 11 is 1.30. The first kappa shape index (κ1) is 17.0. The predicted molar refractivity (Wildman–Crippen MR) is 90.2 cm³/mol. The van der Waals surface area contributed by atoms with E-state index in [0.717, 1.165) is 0 Å². The molecular weight excluding hydrogens is 315 g/mol. The predicted octanol–water partition coefficient (Wildman–Crippen LogP) is 3.26. The molecule has 0 atom stereocenters. The Kier molecular flexibility index (Phi) is 5.76. The topological polar surface area (TPSA) is 49.4 Å². The van der Waals surface area contributed by atoms with Gasteiger partial charge in [0.2, 0.25) is 5.91 Å². The lowest BCUT2D eigenvalue weighted by molar-refractivity contribution is -0.125. The number of amides is 2. The first-order chi connectivity index (χ1) is 11.0. The monoisotopic (exact) mass is 332 g/mol. The van der Waals surface area contributed by atoms with Crippen molar-refractivity contribution < 1.29 is 14.0 Å². The van der Waals surface area contributed by atoms with E-state index in [-0.39, 0.29) is 17.6 Å². The molecule has 0 bridgehead atoms. The molecule has 0 radical (unpaired) electrons. The van der Waals surface area contributed by atoms with Gasteiger partial charge < -0.3 is 10.2 Å². The normalized spacial score (nSPS) is 10.2. The highest BCUT2D eigenvalue weighted by Crippen LogP contribution is 2.24. The zero-order valence-corrected chi connectivity index (χ0v) is 13.7. The van der Waals surface area contributed by atoms with Crippen LogP contribution in [0.1, 0.15) is 10.4 Å². The lowest BCUT2D eigenvalue weighted by Crippen LogP contribution is -2.23. The van der Waals surface area contributed by atoms with E-state index in [1.165, 1.54) is 34.9 Å². The number of anilines is 1. The second-order valence-corrected chi connectivity index (χ2v) is 6.05. The lowest BCUT2D eigenvalue weighted by Gasteiger charge is -2.12. The molecule has 0 spiro atoms. The third-order valence-electron chi connectivity index (χ3n) is 3.06. The smallest absolute Gasteiger partial charge is 0.256 e. The molecule has 0 saturated heterocycles. The molecular formula is C17H17FN2O2S. The van der Waals surface area contributed by atoms with Gasteiger partial charge in [0.1, 0.15) is 5.82 Å². The van der Waals surface area contributed by atoms with Gasteiger partial charge in [-0.15, -0.1) is 11.8 Å². The number of halogens is 1. The minimum atomic E-state index is -0.415. The molecule has 120 valence electrons. The van der Waals surface area contributed by atoms with E-state index < -0.39 is 5.82 Å². The third-order valence-corrected chi connectivity index (χ3v) is 4.12. The van der Waals surface area contributed by atoms with Crippen molar-refractivity contribution in [3.63, 3.8) is 0 Å². The standard InChI is InChI=1S/C17H17FN2O2S/c1-20(2)16(21)11-23-15-9-4-3-8-14(15)17(22)19-13-7-5-6-12(18)10-13/h3-10H,11H2,1-2H3,(H,19,22). The van der Waals surface area contributed by atoms with E-state index in [9.17, 15) is 14.0 Å². The molecule has 6 heteroatoms. The summed E-state index contributed by atoms with van der Waals surface area (Å²) in [4.78, 5) is 26.3. The number of thioether (sulfide) groups is 1. The van der Waals surface area contributed by atoms with Gasteiger partial charge in [0.25, 0.3) is 5.91 Å². The van der Waals surface area contributed by atoms with E-state index in [0.29, 0.717) is 16.1 Å². The molecule has 2 aromatic carbocycles. The maximum atomic E-state index is 13.2. The van der Waals surface area contributed by atoms with Crippen molar-refractivity contribution in [3.05, 3.63) is 59.9 Å². The maximum Gasteiger partial charge on any atom is 0.256 e. The zero-order valence-electron chi connectivity index (χ0n) is 12.9. The van der Waals surface area contributed by atoms with Gasteiger partial charge in [-0.1, -0.05) is 18.2 Å². The average molecular weight is 332 g/mol. The molecule has 2 aromatic rings. The first-order valence-electron chi connectivity index (χ1n) is 6.96. The Hall–Kier alpha value is -2.34. The second-order valence-electron chi connectivity index (χ2n) is 5.04. The van der Waals surface area contributed by atoms with Crippen molar-refractivity contribution in [1.82, 2.24) is 4.90 Å². The molecule has 0 fully saturated rings. The van der Waals surface area contributed by atoms with E-state index in [2.05, 4.69) is 5.32 Å². The molecule has 0 heterocycles. The highest BCUT2D eigenvalue weighted by molar-refractivity contribution is 8.00. The Morgan fingerprint density at radius 3 is 2.57 bits per heavy atom. The number of nitrogens with zero attached hydrogens (tertiary/aromatic N) is 1. The number of carbonyl (C=O) groups is 2. The molecule has 0 aliphatic heterocycles. The Morgan fingerprint density at radius 2 is 1.87 bits per heavy atom. The zero-order chi connectivity index (χ0) is 16.8. The Balaban J connectivity index is 2.12. The van der Waals surface area contributed by atoms with Crippen LogP contribution in [0.3, 0.4) is 0 Å². The van der Waals surface area contributed by atoms with Gasteiger partial charge >= 0.3 is 0 Å². The number of carbonyl (C=O) groups excluding carboxylic acids is 2. The van der Waals surface area contributed by atoms with Crippen LogP contribution in [-0.4, -0.2) is 36.6 Å². The summed E-state index contributed by atoms with van der Waals surface area (Å²) in [6.07, 6.45) is 0. The van der Waals surface area contributed by atoms with E-state index >= 15 is 0 Å². The number of hydrogen-bond acceptors (Lipinski definition) is 3. The largest absolute Gasteiger partial charge is 0.348 e. The molecule has 0 aliphatic carbocycles. The fourth-order valence-corrected chi connectivity index (χ4v) is 2.84. The Bertz CT molecular complexity index is 719. The van der Waals surface area contributed by atoms with Crippen molar-refractivity contribution >= 4 is 29.3 Å². The van der Waals surface area contributed by atoms with Crippen LogP contribution < -0.4 is 5.32 Å². The van der Waals surface area contributed by atoms with Crippen LogP contribution >= 0.6 is 11.8 Å². The van der Waals surface area contributed by atoms with Crippen molar-refractivity contribution in [2.75, 3.05) is 25.2 Å². The Morgan fingerprint density at radius 1 is 1.13 bits per heavy atom. The molecule has 2 amide bonds. The number of nitrogens with one attached hydrogen (secondary N) is 1. The molecule has 4 nitrogen and oxygen atoms in total. The fraction of sp³-hybridized carbons (Fsp3) is 0.176. The van der Waals surface area contributed by atoms with Gasteiger partial charge in [0.05, 0.1) is 11.3 Å². The fourth-order valence-electron chi connectivity index (χ4n) is 1.81. The molecule has 0 saturated carbocycles. The number of hydrogen-bond donors (Lipinski definition) is 1. The van der Waals surface area contributed by atoms with E-state index in [4.69, 9.17) is 0 Å². The van der Waals surface area contributed by atoms with Crippen molar-refractivity contribution in [2.45, 2.75) is 4.90 Å². The summed E-state index contributed by atoms with van der Waals surface area (Å²) < 4.78 is 13.2. The van der Waals surface area contributed by atoms with Crippen LogP contribution in [0.25, 0.3) is 0 Å². The maximum absolute atomic E-state index is 13.2. The lowest BCUT2D eigenvalue weighted by atomic mass is 10.2. The molecule has 0 unspecified atom stereocenters. The summed E-state index contributed by atoms with van der Waals surface area (Å²) in [6.45, 7) is 0. The molecule has 2 rings (SSSR count). The third kappa shape index (κ3) is 4.82. The summed E-state index contributed by atoms with van der Waals surface area (Å²) in [7, 11) is 3.37. The minimum absolute atomic E-state index is 0.0321. The van der Waals surface area contributed by atoms with Gasteiger partial charge in [-0.3, -0.25) is 9.59 Å². The first-order valence-corrected chi connectivity index (χ1v) is 7.95. The summed E-state index contributed by atoms with van der Waals surface area (Å²) in [5.41, 5.74) is 0.840. The highest BCUT2D eigenvalue weighted by atomic mass is 32.2. The number of benzene rings is 2. The van der Waals surface area contributed by atoms with E-state index in [1.807, 2.05) is 0 Å². The highest BCUT2D eigenvalue weighted by Gasteiger charge is 2.13. The van der Waals surface area contributed by atoms with Crippen molar-refractivity contribution in [1.29, 1.82) is 0 Å². The SMILES string of the molecule is CN(C)C(=O)CSc1ccccc1C(=O)Nc1cccc(F)c1. The summed E-state index contributed by atoms with van der Waals surface area (Å²) in [5.74, 6) is -0.537.